The molecule has 0 aromatic carbocycles. The number of nitrogens with zero attached hydrogens (tertiary/aromatic N) is 2. The lowest BCUT2D eigenvalue weighted by Crippen LogP contribution is -2.52. The maximum Gasteiger partial charge on any atom is 0.137 e. The molecule has 1 aromatic rings. The highest BCUT2D eigenvalue weighted by molar-refractivity contribution is 5.63. The molecule has 0 aliphatic heterocycles. The molecule has 1 amide bonds. The summed E-state index contributed by atoms with van der Waals surface area (Å²) in [6.07, 6.45) is 2.75. The second-order valence-corrected chi connectivity index (χ2v) is 4.42. The number of hydrogen-bond acceptors (Lipinski definition) is 3. The molecule has 84 valence electrons. The molecule has 0 aliphatic carbocycles. The van der Waals surface area contributed by atoms with Crippen molar-refractivity contribution in [3.8, 4) is 0 Å². The Kier molecular flexibility index (Phi) is 3.34. The van der Waals surface area contributed by atoms with Gasteiger partial charge in [-0.1, -0.05) is 0 Å². The number of H-pyrrole nitrogens is 1. The van der Waals surface area contributed by atoms with E-state index < -0.39 is 11.6 Å². The summed E-state index contributed by atoms with van der Waals surface area (Å²) in [7, 11) is 0. The van der Waals surface area contributed by atoms with E-state index in [4.69, 9.17) is 0 Å². The third kappa shape index (κ3) is 3.27. The molecule has 0 spiro atoms. The number of aromatic amines is 1. The average molecular weight is 210 g/mol. The van der Waals surface area contributed by atoms with Crippen molar-refractivity contribution < 1.29 is 9.90 Å². The topological polar surface area (TPSA) is 72.0 Å². The Labute approximate surface area is 89.1 Å². The smallest absolute Gasteiger partial charge is 0.137 e. The molecule has 1 rings (SSSR count). The largest absolute Gasteiger partial charge is 0.530 e. The molecule has 0 saturated carbocycles. The van der Waals surface area contributed by atoms with Gasteiger partial charge in [-0.05, 0) is 20.8 Å². The number of hydrogen-bond donors (Lipinski definition) is 1. The first-order valence-corrected chi connectivity index (χ1v) is 4.87. The number of rotatable bonds is 3. The summed E-state index contributed by atoms with van der Waals surface area (Å²) < 4.78 is 0. The maximum absolute atomic E-state index is 10.9. The van der Waals surface area contributed by atoms with Crippen molar-refractivity contribution in [2.45, 2.75) is 32.7 Å². The fraction of sp³-hybridized carbons (Fsp3) is 0.600. The van der Waals surface area contributed by atoms with Gasteiger partial charge >= 0.3 is 0 Å². The summed E-state index contributed by atoms with van der Waals surface area (Å²) >= 11 is 0. The zero-order valence-electron chi connectivity index (χ0n) is 9.28. The third-order valence-corrected chi connectivity index (χ3v) is 2.19. The Morgan fingerprint density at radius 1 is 1.60 bits per heavy atom. The highest BCUT2D eigenvalue weighted by Gasteiger charge is 2.20. The van der Waals surface area contributed by atoms with Crippen LogP contribution in [0.15, 0.2) is 12.5 Å². The summed E-state index contributed by atoms with van der Waals surface area (Å²) in [4.78, 5) is 19.0. The summed E-state index contributed by atoms with van der Waals surface area (Å²) in [5.41, 5.74) is 0.490. The first-order chi connectivity index (χ1) is 6.91. The first-order valence-electron chi connectivity index (χ1n) is 4.87. The van der Waals surface area contributed by atoms with Gasteiger partial charge in [-0.3, -0.25) is 0 Å². The van der Waals surface area contributed by atoms with Crippen LogP contribution in [-0.4, -0.2) is 33.0 Å². The minimum absolute atomic E-state index is 0.411. The number of carboxylic acid groups (broad SMARTS) is 1. The Balaban J connectivity index is 2.57. The van der Waals surface area contributed by atoms with Crippen molar-refractivity contribution in [3.05, 3.63) is 18.2 Å². The van der Waals surface area contributed by atoms with E-state index in [1.807, 2.05) is 20.8 Å². The number of carbonyl (C=O) groups is 1. The van der Waals surface area contributed by atoms with Gasteiger partial charge in [0.2, 0.25) is 0 Å². The lowest BCUT2D eigenvalue weighted by molar-refractivity contribution is -0.270. The summed E-state index contributed by atoms with van der Waals surface area (Å²) in [6, 6.07) is 0. The van der Waals surface area contributed by atoms with Gasteiger partial charge in [-0.15, -0.1) is 0 Å². The average Bonchev–Trinajstić information content (AvgIpc) is 2.53. The standard InChI is InChI=1S/C10H17N3O2/c1-10(2,3)13(9(14)15)5-4-8-6-11-7-12-8/h6-7H,4-5H2,1-3H3,(H,11,12)(H,14,15)/p-1. The van der Waals surface area contributed by atoms with Crippen molar-refractivity contribution in [1.82, 2.24) is 14.9 Å². The molecule has 0 unspecified atom stereocenters. The number of imidazole rings is 1. The van der Waals surface area contributed by atoms with Gasteiger partial charge < -0.3 is 19.8 Å². The van der Waals surface area contributed by atoms with Crippen LogP contribution in [0.4, 0.5) is 4.79 Å². The summed E-state index contributed by atoms with van der Waals surface area (Å²) in [5, 5.41) is 10.9. The van der Waals surface area contributed by atoms with Gasteiger partial charge in [-0.25, -0.2) is 4.98 Å². The Morgan fingerprint density at radius 2 is 2.27 bits per heavy atom. The predicted molar refractivity (Wildman–Crippen MR) is 54.1 cm³/mol. The quantitative estimate of drug-likeness (QED) is 0.784. The van der Waals surface area contributed by atoms with Crippen molar-refractivity contribution in [2.24, 2.45) is 0 Å². The fourth-order valence-corrected chi connectivity index (χ4v) is 1.35. The molecule has 1 N–H and O–H groups in total. The van der Waals surface area contributed by atoms with Crippen LogP contribution in [0.1, 0.15) is 26.5 Å². The van der Waals surface area contributed by atoms with Crippen LogP contribution in [0, 0.1) is 0 Å². The summed E-state index contributed by atoms with van der Waals surface area (Å²) in [6.45, 7) is 5.94. The molecule has 0 bridgehead atoms. The van der Waals surface area contributed by atoms with Crippen molar-refractivity contribution >= 4 is 6.09 Å². The van der Waals surface area contributed by atoms with Crippen LogP contribution in [0.25, 0.3) is 0 Å². The maximum atomic E-state index is 10.9. The Morgan fingerprint density at radius 3 is 2.67 bits per heavy atom. The fourth-order valence-electron chi connectivity index (χ4n) is 1.35. The number of carbonyl (C=O) groups excluding carboxylic acids is 1. The third-order valence-electron chi connectivity index (χ3n) is 2.19. The van der Waals surface area contributed by atoms with Gasteiger partial charge in [0, 0.05) is 30.4 Å². The van der Waals surface area contributed by atoms with Crippen LogP contribution in [0.3, 0.4) is 0 Å². The number of nitrogens with one attached hydrogen (secondary N) is 1. The second kappa shape index (κ2) is 4.33. The number of aromatic nitrogens is 2. The Bertz CT molecular complexity index is 314. The van der Waals surface area contributed by atoms with Crippen molar-refractivity contribution in [1.29, 1.82) is 0 Å². The zero-order chi connectivity index (χ0) is 11.5. The van der Waals surface area contributed by atoms with E-state index in [0.29, 0.717) is 13.0 Å². The normalized spacial score (nSPS) is 11.4. The van der Waals surface area contributed by atoms with E-state index >= 15 is 0 Å². The molecular formula is C10H16N3O2-. The lowest BCUT2D eigenvalue weighted by atomic mass is 10.1. The van der Waals surface area contributed by atoms with Crippen LogP contribution >= 0.6 is 0 Å². The Hall–Kier alpha value is -1.52. The highest BCUT2D eigenvalue weighted by Crippen LogP contribution is 2.13. The lowest BCUT2D eigenvalue weighted by Gasteiger charge is -2.37. The second-order valence-electron chi connectivity index (χ2n) is 4.42. The van der Waals surface area contributed by atoms with E-state index in [2.05, 4.69) is 9.97 Å². The van der Waals surface area contributed by atoms with E-state index in [9.17, 15) is 9.90 Å². The predicted octanol–water partition coefficient (Wildman–Crippen LogP) is 0.396. The monoisotopic (exact) mass is 210 g/mol. The van der Waals surface area contributed by atoms with E-state index in [1.54, 1.807) is 12.5 Å². The SMILES string of the molecule is CC(C)(C)N(CCc1cnc[nH]1)C(=O)[O-]. The molecule has 5 nitrogen and oxygen atoms in total. The minimum Gasteiger partial charge on any atom is -0.530 e. The van der Waals surface area contributed by atoms with E-state index in [-0.39, 0.29) is 0 Å². The van der Waals surface area contributed by atoms with E-state index in [1.165, 1.54) is 4.90 Å². The van der Waals surface area contributed by atoms with Crippen LogP contribution in [0.2, 0.25) is 0 Å². The minimum atomic E-state index is -1.14. The van der Waals surface area contributed by atoms with Gasteiger partial charge in [-0.2, -0.15) is 0 Å². The van der Waals surface area contributed by atoms with Gasteiger partial charge in [0.05, 0.1) is 6.33 Å². The first kappa shape index (κ1) is 11.6. The molecular weight excluding hydrogens is 194 g/mol. The van der Waals surface area contributed by atoms with Gasteiger partial charge in [0.1, 0.15) is 6.09 Å². The highest BCUT2D eigenvalue weighted by atomic mass is 16.4. The molecule has 0 atom stereocenters. The molecule has 0 saturated heterocycles. The van der Waals surface area contributed by atoms with Crippen LogP contribution < -0.4 is 5.11 Å². The van der Waals surface area contributed by atoms with Crippen molar-refractivity contribution in [3.63, 3.8) is 0 Å². The van der Waals surface area contributed by atoms with Gasteiger partial charge in [0.25, 0.3) is 0 Å². The number of amides is 1. The van der Waals surface area contributed by atoms with E-state index in [0.717, 1.165) is 5.69 Å². The zero-order valence-corrected chi connectivity index (χ0v) is 9.28. The van der Waals surface area contributed by atoms with Gasteiger partial charge in [0.15, 0.2) is 0 Å². The molecule has 0 fully saturated rings. The molecule has 0 aliphatic rings. The molecule has 5 heteroatoms. The van der Waals surface area contributed by atoms with Crippen LogP contribution in [0.5, 0.6) is 0 Å². The van der Waals surface area contributed by atoms with Crippen molar-refractivity contribution in [2.75, 3.05) is 6.54 Å². The summed E-state index contributed by atoms with van der Waals surface area (Å²) in [5.74, 6) is 0. The van der Waals surface area contributed by atoms with Crippen LogP contribution in [-0.2, 0) is 6.42 Å². The molecule has 0 radical (unpaired) electrons. The molecule has 1 aromatic heterocycles. The molecule has 1 heterocycles. The molecule has 15 heavy (non-hydrogen) atoms.